The minimum absolute atomic E-state index is 0.0353. The van der Waals surface area contributed by atoms with Crippen molar-refractivity contribution in [1.29, 1.82) is 0 Å². The number of hydrogen-bond donors (Lipinski definition) is 2. The second-order valence-electron chi connectivity index (χ2n) is 14.0. The van der Waals surface area contributed by atoms with Gasteiger partial charge < -0.3 is 29.7 Å². The quantitative estimate of drug-likeness (QED) is 0.184. The van der Waals surface area contributed by atoms with Crippen molar-refractivity contribution in [1.82, 2.24) is 9.62 Å². The molecule has 294 valence electrons. The van der Waals surface area contributed by atoms with E-state index in [1.165, 1.54) is 38.1 Å². The van der Waals surface area contributed by atoms with Crippen LogP contribution in [0.25, 0.3) is 0 Å². The van der Waals surface area contributed by atoms with Crippen LogP contribution >= 0.6 is 11.6 Å². The Morgan fingerprint density at radius 3 is 2.65 bits per heavy atom. The lowest BCUT2D eigenvalue weighted by Gasteiger charge is -2.31. The second-order valence-corrected chi connectivity index (χ2v) is 16.3. The Labute approximate surface area is 324 Å². The van der Waals surface area contributed by atoms with Crippen LogP contribution in [0, 0.1) is 5.92 Å². The molecule has 0 saturated heterocycles. The van der Waals surface area contributed by atoms with E-state index in [2.05, 4.69) is 32.0 Å². The van der Waals surface area contributed by atoms with Gasteiger partial charge in [0, 0.05) is 63.5 Å². The molecule has 0 spiro atoms. The zero-order chi connectivity index (χ0) is 39.6. The number of ether oxygens (including phenoxy) is 3. The number of anilines is 1. The summed E-state index contributed by atoms with van der Waals surface area (Å²) < 4.78 is 40.0. The van der Waals surface area contributed by atoms with E-state index in [4.69, 9.17) is 31.5 Å². The number of nitrogens with two attached hydrogens (primary N) is 1. The summed E-state index contributed by atoms with van der Waals surface area (Å²) in [5.41, 5.74) is 6.93. The van der Waals surface area contributed by atoms with E-state index >= 15 is 0 Å². The number of carbonyl (C=O) groups excluding carboxylic acids is 3. The fourth-order valence-corrected chi connectivity index (χ4v) is 8.12. The van der Waals surface area contributed by atoms with E-state index in [0.29, 0.717) is 49.0 Å². The predicted molar refractivity (Wildman–Crippen MR) is 213 cm³/mol. The SMILES string of the molecule is CCCc1cc(Cl)ccc1C1COc2ccc3cc2N(CCC(CC)C(OC(=O)N(C)C)/C=C/COC(C)(C)C(=O)N=S3(=O)NC(=O)C(C=NC)=CN)C1. The van der Waals surface area contributed by atoms with Gasteiger partial charge in [0.15, 0.2) is 9.92 Å². The zero-order valence-electron chi connectivity index (χ0n) is 32.2. The maximum atomic E-state index is 15.0. The Kier molecular flexibility index (Phi) is 14.7. The van der Waals surface area contributed by atoms with Gasteiger partial charge in [-0.15, -0.1) is 4.36 Å². The lowest BCUT2D eigenvalue weighted by Crippen LogP contribution is -2.38. The number of benzene rings is 2. The standard InChI is InChI=1S/C39H53ClN6O7S/c1-8-11-27-20-30(40)13-15-32(27)29-24-46-18-17-26(9-2)34(53-38(49)45(6)7)12-10-19-52-39(3,4)37(48)44-54(50,43-36(47)28(22-41)23-42-5)31-14-16-35(51-25-29)33(46)21-31/h10,12-16,20-23,26,29,34H,8-9,11,17-19,24-25,41H2,1-7H3,(H,43,44,47,48,50)/b12-10+,28-22?,42-23?. The highest BCUT2D eigenvalue weighted by Gasteiger charge is 2.34. The van der Waals surface area contributed by atoms with Gasteiger partial charge in [-0.2, -0.15) is 0 Å². The van der Waals surface area contributed by atoms with Gasteiger partial charge in [0.05, 0.1) is 29.4 Å². The highest BCUT2D eigenvalue weighted by Crippen LogP contribution is 2.39. The minimum atomic E-state index is -3.99. The van der Waals surface area contributed by atoms with Crippen molar-refractivity contribution in [3.63, 3.8) is 0 Å². The van der Waals surface area contributed by atoms with Crippen molar-refractivity contribution < 1.29 is 32.8 Å². The maximum Gasteiger partial charge on any atom is 0.409 e. The van der Waals surface area contributed by atoms with Gasteiger partial charge >= 0.3 is 6.09 Å². The fourth-order valence-electron chi connectivity index (χ4n) is 6.31. The van der Waals surface area contributed by atoms with Gasteiger partial charge in [0.25, 0.3) is 11.8 Å². The van der Waals surface area contributed by atoms with Crippen LogP contribution in [0.2, 0.25) is 5.02 Å². The Morgan fingerprint density at radius 1 is 1.22 bits per heavy atom. The molecule has 0 aliphatic carbocycles. The van der Waals surface area contributed by atoms with E-state index < -0.39 is 39.5 Å². The summed E-state index contributed by atoms with van der Waals surface area (Å²) in [5.74, 6) is -1.35. The molecule has 2 aliphatic rings. The van der Waals surface area contributed by atoms with Gasteiger partial charge in [-0.1, -0.05) is 44.0 Å². The van der Waals surface area contributed by atoms with Crippen LogP contribution in [0.5, 0.6) is 5.75 Å². The molecule has 4 atom stereocenters. The first-order chi connectivity index (χ1) is 25.7. The first-order valence-corrected chi connectivity index (χ1v) is 20.0. The topological polar surface area (TPSA) is 165 Å². The molecule has 15 heteroatoms. The van der Waals surface area contributed by atoms with E-state index in [9.17, 15) is 18.6 Å². The van der Waals surface area contributed by atoms with Gasteiger partial charge in [0.1, 0.15) is 17.5 Å². The third kappa shape index (κ3) is 10.4. The molecule has 0 fully saturated rings. The number of rotatable bonds is 8. The molecule has 13 nitrogen and oxygen atoms in total. The molecule has 2 aromatic carbocycles. The minimum Gasteiger partial charge on any atom is -0.491 e. The summed E-state index contributed by atoms with van der Waals surface area (Å²) in [7, 11) is 0.729. The van der Waals surface area contributed by atoms with Crippen LogP contribution in [-0.4, -0.2) is 92.4 Å². The van der Waals surface area contributed by atoms with Crippen LogP contribution < -0.4 is 20.1 Å². The normalized spacial score (nSPS) is 24.1. The number of hydrogen-bond acceptors (Lipinski definition) is 10. The Bertz CT molecular complexity index is 1900. The van der Waals surface area contributed by atoms with Crippen LogP contribution in [0.15, 0.2) is 74.6 Å². The molecule has 2 bridgehead atoms. The Balaban J connectivity index is 1.92. The molecular formula is C39H53ClN6O7S. The summed E-state index contributed by atoms with van der Waals surface area (Å²) >= 11 is 6.45. The molecule has 2 heterocycles. The molecule has 2 aromatic rings. The number of fused-ring (bicyclic) bond motifs is 1. The lowest BCUT2D eigenvalue weighted by atomic mass is 9.91. The van der Waals surface area contributed by atoms with E-state index in [0.717, 1.165) is 30.2 Å². The highest BCUT2D eigenvalue weighted by atomic mass is 35.5. The average molecular weight is 785 g/mol. The van der Waals surface area contributed by atoms with E-state index in [1.54, 1.807) is 38.4 Å². The number of carbonyl (C=O) groups is 3. The van der Waals surface area contributed by atoms with Gasteiger partial charge in [0.2, 0.25) is 0 Å². The number of nitrogens with zero attached hydrogens (tertiary/aromatic N) is 4. The number of aryl methyl sites for hydroxylation is 1. The summed E-state index contributed by atoms with van der Waals surface area (Å²) in [6.45, 7) is 8.50. The van der Waals surface area contributed by atoms with Crippen molar-refractivity contribution in [2.75, 3.05) is 52.3 Å². The Morgan fingerprint density at radius 2 is 1.98 bits per heavy atom. The van der Waals surface area contributed by atoms with Gasteiger partial charge in [-0.3, -0.25) is 19.3 Å². The van der Waals surface area contributed by atoms with Crippen LogP contribution in [0.1, 0.15) is 64.0 Å². The molecule has 2 aliphatic heterocycles. The Hall–Kier alpha value is -4.40. The number of amides is 3. The summed E-state index contributed by atoms with van der Waals surface area (Å²) in [4.78, 5) is 47.5. The molecule has 0 saturated carbocycles. The summed E-state index contributed by atoms with van der Waals surface area (Å²) in [6, 6.07) is 10.8. The van der Waals surface area contributed by atoms with Gasteiger partial charge in [-0.05, 0) is 80.6 Å². The molecule has 3 amide bonds. The molecule has 4 rings (SSSR count). The van der Waals surface area contributed by atoms with E-state index in [-0.39, 0.29) is 28.9 Å². The smallest absolute Gasteiger partial charge is 0.409 e. The number of nitrogens with one attached hydrogen (secondary N) is 1. The fraction of sp³-hybridized carbons (Fsp3) is 0.487. The van der Waals surface area contributed by atoms with Crippen molar-refractivity contribution in [3.8, 4) is 5.75 Å². The first kappa shape index (κ1) is 42.3. The monoisotopic (exact) mass is 784 g/mol. The molecule has 4 unspecified atom stereocenters. The van der Waals surface area contributed by atoms with Crippen molar-refractivity contribution in [3.05, 3.63) is 76.5 Å². The average Bonchev–Trinajstić information content (AvgIpc) is 3.31. The molecule has 0 radical (unpaired) electrons. The lowest BCUT2D eigenvalue weighted by molar-refractivity contribution is -0.137. The predicted octanol–water partition coefficient (Wildman–Crippen LogP) is 6.05. The third-order valence-electron chi connectivity index (χ3n) is 9.43. The van der Waals surface area contributed by atoms with Crippen LogP contribution in [0.3, 0.4) is 0 Å². The number of halogens is 1. The summed E-state index contributed by atoms with van der Waals surface area (Å²) in [5, 5.41) is 0.661. The molecule has 0 aromatic heterocycles. The molecule has 54 heavy (non-hydrogen) atoms. The maximum absolute atomic E-state index is 15.0. The number of aliphatic imine (C=N–C) groups is 1. The van der Waals surface area contributed by atoms with Crippen molar-refractivity contribution >= 4 is 51.3 Å². The molecular weight excluding hydrogens is 732 g/mol. The van der Waals surface area contributed by atoms with Crippen LogP contribution in [0.4, 0.5) is 10.5 Å². The largest absolute Gasteiger partial charge is 0.491 e. The third-order valence-corrected chi connectivity index (χ3v) is 11.4. The zero-order valence-corrected chi connectivity index (χ0v) is 33.7. The van der Waals surface area contributed by atoms with E-state index in [1.807, 2.05) is 19.1 Å². The van der Waals surface area contributed by atoms with Crippen molar-refractivity contribution in [2.24, 2.45) is 21.0 Å². The van der Waals surface area contributed by atoms with Crippen LogP contribution in [-0.2, 0) is 35.4 Å². The highest BCUT2D eigenvalue weighted by molar-refractivity contribution is 7.92. The molecule has 3 N–H and O–H groups in total. The first-order valence-electron chi connectivity index (χ1n) is 18.1. The van der Waals surface area contributed by atoms with Gasteiger partial charge in [-0.25, -0.2) is 9.00 Å². The second kappa shape index (κ2) is 18.8. The van der Waals surface area contributed by atoms with Crippen molar-refractivity contribution in [2.45, 2.75) is 75.9 Å². The summed E-state index contributed by atoms with van der Waals surface area (Å²) in [6.07, 6.45) is 7.73.